The van der Waals surface area contributed by atoms with Gasteiger partial charge in [0.25, 0.3) is 7.82 Å². The predicted octanol–water partition coefficient (Wildman–Crippen LogP) is 18.2. The number of phosphoric acid groups is 1. The number of unbranched alkanes of at least 4 members (excludes halogenated alkanes) is 18. The lowest BCUT2D eigenvalue weighted by atomic mass is 10.1. The van der Waals surface area contributed by atoms with Crippen LogP contribution in [0, 0.1) is 0 Å². The van der Waals surface area contributed by atoms with E-state index < -0.39 is 26.6 Å². The van der Waals surface area contributed by atoms with Gasteiger partial charge in [-0.1, -0.05) is 243 Å². The van der Waals surface area contributed by atoms with E-state index in [1.54, 1.807) is 6.08 Å². The third-order valence-corrected chi connectivity index (χ3v) is 13.5. The summed E-state index contributed by atoms with van der Waals surface area (Å²) in [4.78, 5) is 25.5. The zero-order valence-electron chi connectivity index (χ0n) is 49.1. The lowest BCUT2D eigenvalue weighted by molar-refractivity contribution is -0.870. The van der Waals surface area contributed by atoms with Crippen molar-refractivity contribution < 1.29 is 32.9 Å². The van der Waals surface area contributed by atoms with Gasteiger partial charge in [-0.05, 0) is 116 Å². The Kier molecular flexibility index (Phi) is 53.4. The Balaban J connectivity index is 4.28. The molecular formula is C67H113N2O6P. The van der Waals surface area contributed by atoms with Crippen molar-refractivity contribution >= 4 is 13.7 Å². The van der Waals surface area contributed by atoms with Gasteiger partial charge in [0.1, 0.15) is 13.2 Å². The standard InChI is InChI=1S/C67H113N2O6P/c1-6-8-10-12-14-16-18-20-22-24-26-27-28-29-30-31-32-33-34-35-36-37-38-39-40-41-43-45-47-49-51-53-55-57-59-61-67(71)68-65(64-75-76(72,73)74-63-62-69(3,4)5)66(70)60-58-56-54-52-50-48-46-44-42-25-23-21-19-17-15-13-11-9-7-2/h8,10,14,16,20,22,26-27,29-30,32-33,35-36,38-39,41-44,50,52,58,60,65-66,70H,6-7,9,11-13,15,17-19,21,23-25,28,31,34,37,40,45-49,51,53-57,59,61-64H2,1-5H3,(H-,68,71,72,73)/b10-8-,16-14-,22-20-,27-26-,30-29-,33-32-,36-35-,39-38-,43-41-,44-42+,52-50+,60-58+. The van der Waals surface area contributed by atoms with E-state index in [9.17, 15) is 19.4 Å². The Morgan fingerprint density at radius 2 is 0.816 bits per heavy atom. The van der Waals surface area contributed by atoms with Crippen molar-refractivity contribution in [2.24, 2.45) is 0 Å². The Hall–Kier alpha value is -3.62. The quantitative estimate of drug-likeness (QED) is 0.0272. The van der Waals surface area contributed by atoms with E-state index in [1.165, 1.54) is 83.5 Å². The number of nitrogens with one attached hydrogen (secondary N) is 1. The number of rotatable bonds is 53. The van der Waals surface area contributed by atoms with E-state index in [1.807, 2.05) is 27.2 Å². The Labute approximate surface area is 468 Å². The number of aliphatic hydroxyl groups is 1. The molecule has 0 aromatic heterocycles. The molecule has 8 nitrogen and oxygen atoms in total. The number of carbonyl (C=O) groups excluding carboxylic acids is 1. The molecular weight excluding hydrogens is 960 g/mol. The maximum Gasteiger partial charge on any atom is 0.268 e. The number of nitrogens with zero attached hydrogens (tertiary/aromatic N) is 1. The van der Waals surface area contributed by atoms with Crippen LogP contribution < -0.4 is 10.2 Å². The highest BCUT2D eigenvalue weighted by Crippen LogP contribution is 2.38. The molecule has 0 saturated carbocycles. The van der Waals surface area contributed by atoms with Crippen molar-refractivity contribution in [3.63, 3.8) is 0 Å². The summed E-state index contributed by atoms with van der Waals surface area (Å²) in [5.41, 5.74) is 0. The molecule has 0 fully saturated rings. The van der Waals surface area contributed by atoms with Gasteiger partial charge in [0.15, 0.2) is 0 Å². The second kappa shape index (κ2) is 56.1. The number of allylic oxidation sites excluding steroid dienone is 23. The van der Waals surface area contributed by atoms with Gasteiger partial charge < -0.3 is 28.8 Å². The van der Waals surface area contributed by atoms with E-state index in [-0.39, 0.29) is 12.5 Å². The van der Waals surface area contributed by atoms with Gasteiger partial charge in [0.05, 0.1) is 39.9 Å². The molecule has 0 radical (unpaired) electrons. The fourth-order valence-electron chi connectivity index (χ4n) is 7.82. The number of aliphatic hydroxyl groups excluding tert-OH is 1. The monoisotopic (exact) mass is 1070 g/mol. The molecule has 3 atom stereocenters. The summed E-state index contributed by atoms with van der Waals surface area (Å²) in [6.07, 6.45) is 86.4. The number of quaternary nitrogens is 1. The Bertz CT molecular complexity index is 1740. The first-order valence-corrected chi connectivity index (χ1v) is 31.7. The van der Waals surface area contributed by atoms with Crippen LogP contribution >= 0.6 is 7.82 Å². The smallest absolute Gasteiger partial charge is 0.268 e. The minimum Gasteiger partial charge on any atom is -0.756 e. The molecule has 0 heterocycles. The van der Waals surface area contributed by atoms with Crippen molar-refractivity contribution in [2.45, 2.75) is 231 Å². The molecule has 0 rings (SSSR count). The highest BCUT2D eigenvalue weighted by atomic mass is 31.2. The normalized spacial score (nSPS) is 14.9. The molecule has 9 heteroatoms. The van der Waals surface area contributed by atoms with Gasteiger partial charge in [-0.15, -0.1) is 0 Å². The van der Waals surface area contributed by atoms with Crippen LogP contribution in [0.1, 0.15) is 219 Å². The molecule has 0 aliphatic heterocycles. The number of carbonyl (C=O) groups is 1. The zero-order chi connectivity index (χ0) is 55.6. The second-order valence-electron chi connectivity index (χ2n) is 20.9. The summed E-state index contributed by atoms with van der Waals surface area (Å²) >= 11 is 0. The average molecular weight is 1070 g/mol. The first-order valence-electron chi connectivity index (χ1n) is 30.2. The molecule has 1 amide bonds. The topological polar surface area (TPSA) is 108 Å². The van der Waals surface area contributed by atoms with E-state index in [2.05, 4.69) is 153 Å². The SMILES string of the molecule is CC/C=C\C/C=C\C/C=C\C/C=C\C/C=C\C/C=C\C/C=C\C/C=C\C/C=C\CCCCCCCCCC(=O)NC(COP(=O)([O-])OCC[N+](C)(C)C)C(O)/C=C/CC/C=C/CC/C=C/CCCCCCCCCCC. The molecule has 3 unspecified atom stereocenters. The van der Waals surface area contributed by atoms with Crippen LogP contribution in [0.4, 0.5) is 0 Å². The van der Waals surface area contributed by atoms with Crippen LogP contribution in [0.5, 0.6) is 0 Å². The average Bonchev–Trinajstić information content (AvgIpc) is 3.38. The minimum absolute atomic E-state index is 0.0193. The highest BCUT2D eigenvalue weighted by Gasteiger charge is 2.23. The van der Waals surface area contributed by atoms with Crippen molar-refractivity contribution in [2.75, 3.05) is 40.9 Å². The number of hydrogen-bond acceptors (Lipinski definition) is 6. The molecule has 0 spiro atoms. The fourth-order valence-corrected chi connectivity index (χ4v) is 8.55. The van der Waals surface area contributed by atoms with Crippen LogP contribution in [-0.2, 0) is 18.4 Å². The van der Waals surface area contributed by atoms with Crippen LogP contribution in [0.25, 0.3) is 0 Å². The third-order valence-electron chi connectivity index (χ3n) is 12.5. The van der Waals surface area contributed by atoms with E-state index >= 15 is 0 Å². The summed E-state index contributed by atoms with van der Waals surface area (Å²) in [6, 6.07) is -0.928. The molecule has 0 bridgehead atoms. The van der Waals surface area contributed by atoms with Gasteiger partial charge in [-0.3, -0.25) is 9.36 Å². The lowest BCUT2D eigenvalue weighted by Gasteiger charge is -2.29. The first-order chi connectivity index (χ1) is 37.0. The molecule has 0 aromatic carbocycles. The minimum atomic E-state index is -4.62. The van der Waals surface area contributed by atoms with Crippen molar-refractivity contribution in [3.05, 3.63) is 146 Å². The van der Waals surface area contributed by atoms with Crippen LogP contribution in [0.15, 0.2) is 146 Å². The van der Waals surface area contributed by atoms with Crippen molar-refractivity contribution in [1.82, 2.24) is 5.32 Å². The summed E-state index contributed by atoms with van der Waals surface area (Å²) in [5, 5.41) is 13.9. The maximum absolute atomic E-state index is 13.0. The highest BCUT2D eigenvalue weighted by molar-refractivity contribution is 7.45. The lowest BCUT2D eigenvalue weighted by Crippen LogP contribution is -2.45. The van der Waals surface area contributed by atoms with E-state index in [0.29, 0.717) is 17.4 Å². The molecule has 432 valence electrons. The molecule has 0 aromatic rings. The maximum atomic E-state index is 13.0. The summed E-state index contributed by atoms with van der Waals surface area (Å²) in [6.45, 7) is 4.48. The largest absolute Gasteiger partial charge is 0.756 e. The number of amides is 1. The van der Waals surface area contributed by atoms with Crippen LogP contribution in [0.3, 0.4) is 0 Å². The van der Waals surface area contributed by atoms with Gasteiger partial charge in [-0.25, -0.2) is 0 Å². The van der Waals surface area contributed by atoms with Crippen LogP contribution in [-0.4, -0.2) is 68.5 Å². The zero-order valence-corrected chi connectivity index (χ0v) is 50.0. The van der Waals surface area contributed by atoms with Crippen molar-refractivity contribution in [1.29, 1.82) is 0 Å². The van der Waals surface area contributed by atoms with Gasteiger partial charge in [-0.2, -0.15) is 0 Å². The summed E-state index contributed by atoms with van der Waals surface area (Å²) < 4.78 is 23.3. The molecule has 0 aliphatic rings. The summed E-state index contributed by atoms with van der Waals surface area (Å²) in [7, 11) is 1.21. The number of likely N-dealkylation sites (N-methyl/N-ethyl adjacent to an activating group) is 1. The number of hydrogen-bond donors (Lipinski definition) is 2. The van der Waals surface area contributed by atoms with E-state index in [4.69, 9.17) is 9.05 Å². The van der Waals surface area contributed by atoms with Crippen LogP contribution in [0.2, 0.25) is 0 Å². The number of phosphoric ester groups is 1. The molecule has 76 heavy (non-hydrogen) atoms. The van der Waals surface area contributed by atoms with E-state index in [0.717, 1.165) is 116 Å². The third kappa shape index (κ3) is 58.1. The fraction of sp³-hybridized carbons (Fsp3) is 0.627. The van der Waals surface area contributed by atoms with Gasteiger partial charge in [0, 0.05) is 6.42 Å². The summed E-state index contributed by atoms with van der Waals surface area (Å²) in [5.74, 6) is -0.229. The Morgan fingerprint density at radius 1 is 0.474 bits per heavy atom. The van der Waals surface area contributed by atoms with Crippen molar-refractivity contribution in [3.8, 4) is 0 Å². The molecule has 0 saturated heterocycles. The molecule has 0 aliphatic carbocycles. The second-order valence-corrected chi connectivity index (χ2v) is 22.4. The molecule has 2 N–H and O–H groups in total. The van der Waals surface area contributed by atoms with Gasteiger partial charge in [0.2, 0.25) is 5.91 Å². The first kappa shape index (κ1) is 72.4. The predicted molar refractivity (Wildman–Crippen MR) is 329 cm³/mol. The van der Waals surface area contributed by atoms with Gasteiger partial charge >= 0.3 is 0 Å². The Morgan fingerprint density at radius 3 is 1.22 bits per heavy atom.